The normalized spacial score (nSPS) is 41.8. The van der Waals surface area contributed by atoms with Crippen molar-refractivity contribution >= 4 is 5.78 Å². The highest BCUT2D eigenvalue weighted by atomic mass is 16.1. The van der Waals surface area contributed by atoms with Gasteiger partial charge in [0.15, 0.2) is 5.78 Å². The second-order valence-electron chi connectivity index (χ2n) is 2.24. The molecule has 1 aliphatic carbocycles. The van der Waals surface area contributed by atoms with E-state index in [0.717, 1.165) is 12.8 Å². The van der Waals surface area contributed by atoms with Crippen molar-refractivity contribution in [3.05, 3.63) is 0 Å². The average Bonchev–Trinajstić information content (AvgIpc) is 2.29. The summed E-state index contributed by atoms with van der Waals surface area (Å²) in [7, 11) is 0. The Morgan fingerprint density at radius 3 is 1.88 bits per heavy atom. The summed E-state index contributed by atoms with van der Waals surface area (Å²) >= 11 is 0. The standard InChI is InChI=1S/C5H6N2O/c8-5-3-1-2-4(5)7-6-3/h3-4H,1-2H2. The van der Waals surface area contributed by atoms with Crippen molar-refractivity contribution in [1.82, 2.24) is 0 Å². The van der Waals surface area contributed by atoms with Crippen molar-refractivity contribution in [3.8, 4) is 0 Å². The fraction of sp³-hybridized carbons (Fsp3) is 0.800. The molecule has 0 aromatic rings. The van der Waals surface area contributed by atoms with E-state index in [9.17, 15) is 4.79 Å². The van der Waals surface area contributed by atoms with Crippen LogP contribution >= 0.6 is 0 Å². The summed E-state index contributed by atoms with van der Waals surface area (Å²) in [6.45, 7) is 0. The van der Waals surface area contributed by atoms with Crippen LogP contribution < -0.4 is 0 Å². The van der Waals surface area contributed by atoms with Gasteiger partial charge in [0.25, 0.3) is 0 Å². The molecule has 0 aromatic heterocycles. The maximum atomic E-state index is 10.8. The van der Waals surface area contributed by atoms with E-state index in [1.54, 1.807) is 0 Å². The van der Waals surface area contributed by atoms with E-state index in [0.29, 0.717) is 0 Å². The molecule has 0 spiro atoms. The monoisotopic (exact) mass is 110 g/mol. The minimum absolute atomic E-state index is 0.0417. The van der Waals surface area contributed by atoms with Crippen LogP contribution in [0.4, 0.5) is 0 Å². The van der Waals surface area contributed by atoms with Gasteiger partial charge < -0.3 is 0 Å². The SMILES string of the molecule is O=C1C2CCC1N=N2. The first-order valence-corrected chi connectivity index (χ1v) is 2.81. The first-order chi connectivity index (χ1) is 3.88. The summed E-state index contributed by atoms with van der Waals surface area (Å²) in [4.78, 5) is 10.8. The van der Waals surface area contributed by atoms with Gasteiger partial charge in [-0.1, -0.05) is 0 Å². The number of rotatable bonds is 0. The van der Waals surface area contributed by atoms with Crippen molar-refractivity contribution in [2.24, 2.45) is 10.2 Å². The van der Waals surface area contributed by atoms with Gasteiger partial charge in [-0.25, -0.2) is 0 Å². The fourth-order valence-corrected chi connectivity index (χ4v) is 1.21. The molecule has 1 fully saturated rings. The number of ketones is 1. The van der Waals surface area contributed by atoms with Gasteiger partial charge in [-0.05, 0) is 12.8 Å². The molecule has 8 heavy (non-hydrogen) atoms. The maximum absolute atomic E-state index is 10.8. The molecule has 1 saturated carbocycles. The van der Waals surface area contributed by atoms with Crippen LogP contribution in [0, 0.1) is 0 Å². The number of carbonyl (C=O) groups is 1. The highest BCUT2D eigenvalue weighted by Crippen LogP contribution is 2.27. The van der Waals surface area contributed by atoms with E-state index < -0.39 is 0 Å². The summed E-state index contributed by atoms with van der Waals surface area (Å²) < 4.78 is 0. The third kappa shape index (κ3) is 0.322. The molecule has 0 radical (unpaired) electrons. The average molecular weight is 110 g/mol. The Morgan fingerprint density at radius 1 is 1.25 bits per heavy atom. The summed E-state index contributed by atoms with van der Waals surface area (Å²) in [5.41, 5.74) is 0. The number of hydrogen-bond acceptors (Lipinski definition) is 3. The molecule has 2 aliphatic rings. The molecule has 2 unspecified atom stereocenters. The van der Waals surface area contributed by atoms with Gasteiger partial charge in [0, 0.05) is 0 Å². The Kier molecular flexibility index (Phi) is 0.604. The summed E-state index contributed by atoms with van der Waals surface area (Å²) in [6, 6.07) is -0.0833. The molecule has 0 saturated heterocycles. The van der Waals surface area contributed by atoms with Crippen LogP contribution in [0.25, 0.3) is 0 Å². The molecule has 0 amide bonds. The first-order valence-electron chi connectivity index (χ1n) is 2.81. The van der Waals surface area contributed by atoms with E-state index in [1.165, 1.54) is 0 Å². The van der Waals surface area contributed by atoms with E-state index in [-0.39, 0.29) is 17.9 Å². The number of nitrogens with zero attached hydrogens (tertiary/aromatic N) is 2. The molecular weight excluding hydrogens is 104 g/mol. The molecule has 0 aromatic carbocycles. The molecule has 2 atom stereocenters. The third-order valence-electron chi connectivity index (χ3n) is 1.72. The molecule has 3 nitrogen and oxygen atoms in total. The summed E-state index contributed by atoms with van der Waals surface area (Å²) in [5.74, 6) is 0.241. The minimum atomic E-state index is -0.0417. The highest BCUT2D eigenvalue weighted by Gasteiger charge is 2.38. The Labute approximate surface area is 46.8 Å². The molecule has 1 aliphatic heterocycles. The summed E-state index contributed by atoms with van der Waals surface area (Å²) in [6.07, 6.45) is 1.88. The van der Waals surface area contributed by atoms with E-state index >= 15 is 0 Å². The Balaban J connectivity index is 2.39. The van der Waals surface area contributed by atoms with Gasteiger partial charge >= 0.3 is 0 Å². The van der Waals surface area contributed by atoms with E-state index in [4.69, 9.17) is 0 Å². The number of azo groups is 1. The van der Waals surface area contributed by atoms with Gasteiger partial charge in [-0.2, -0.15) is 10.2 Å². The molecule has 1 heterocycles. The van der Waals surface area contributed by atoms with Gasteiger partial charge in [-0.15, -0.1) is 0 Å². The fourth-order valence-electron chi connectivity index (χ4n) is 1.21. The van der Waals surface area contributed by atoms with Crippen LogP contribution in [0.2, 0.25) is 0 Å². The Hall–Kier alpha value is -0.730. The Bertz CT molecular complexity index is 148. The van der Waals surface area contributed by atoms with Crippen LogP contribution in [-0.2, 0) is 4.79 Å². The smallest absolute Gasteiger partial charge is 0.185 e. The van der Waals surface area contributed by atoms with E-state index in [2.05, 4.69) is 10.2 Å². The third-order valence-corrected chi connectivity index (χ3v) is 1.72. The van der Waals surface area contributed by atoms with Crippen LogP contribution in [0.3, 0.4) is 0 Å². The molecular formula is C5H6N2O. The van der Waals surface area contributed by atoms with Crippen molar-refractivity contribution < 1.29 is 4.79 Å². The molecule has 2 bridgehead atoms. The lowest BCUT2D eigenvalue weighted by molar-refractivity contribution is -0.118. The van der Waals surface area contributed by atoms with Gasteiger partial charge in [0.1, 0.15) is 12.1 Å². The number of fused-ring (bicyclic) bond motifs is 2. The maximum Gasteiger partial charge on any atom is 0.185 e. The van der Waals surface area contributed by atoms with Crippen molar-refractivity contribution in [2.45, 2.75) is 24.9 Å². The highest BCUT2D eigenvalue weighted by molar-refractivity contribution is 5.92. The largest absolute Gasteiger partial charge is 0.295 e. The zero-order chi connectivity index (χ0) is 5.56. The second kappa shape index (κ2) is 1.16. The predicted octanol–water partition coefficient (Wildman–Crippen LogP) is 0.552. The first kappa shape index (κ1) is 4.18. The van der Waals surface area contributed by atoms with Crippen LogP contribution in [0.15, 0.2) is 10.2 Å². The molecule has 42 valence electrons. The molecule has 3 heteroatoms. The van der Waals surface area contributed by atoms with Crippen LogP contribution in [-0.4, -0.2) is 17.9 Å². The lowest BCUT2D eigenvalue weighted by Gasteiger charge is -1.93. The number of hydrogen-bond donors (Lipinski definition) is 0. The quantitative estimate of drug-likeness (QED) is 0.449. The lowest BCUT2D eigenvalue weighted by Crippen LogP contribution is -2.11. The predicted molar refractivity (Wildman–Crippen MR) is 26.7 cm³/mol. The zero-order valence-corrected chi connectivity index (χ0v) is 4.37. The van der Waals surface area contributed by atoms with Crippen LogP contribution in [0.1, 0.15) is 12.8 Å². The van der Waals surface area contributed by atoms with E-state index in [1.807, 2.05) is 0 Å². The van der Waals surface area contributed by atoms with Crippen molar-refractivity contribution in [3.63, 3.8) is 0 Å². The topological polar surface area (TPSA) is 41.8 Å². The van der Waals surface area contributed by atoms with Crippen LogP contribution in [0.5, 0.6) is 0 Å². The molecule has 2 rings (SSSR count). The Morgan fingerprint density at radius 2 is 1.75 bits per heavy atom. The van der Waals surface area contributed by atoms with Crippen molar-refractivity contribution in [1.29, 1.82) is 0 Å². The summed E-state index contributed by atoms with van der Waals surface area (Å²) in [5, 5.41) is 7.52. The molecule has 0 N–H and O–H groups in total. The van der Waals surface area contributed by atoms with Crippen molar-refractivity contribution in [2.75, 3.05) is 0 Å². The lowest BCUT2D eigenvalue weighted by atomic mass is 10.2. The number of carbonyl (C=O) groups excluding carboxylic acids is 1. The van der Waals surface area contributed by atoms with Gasteiger partial charge in [-0.3, -0.25) is 4.79 Å². The number of Topliss-reactive ketones (excluding diaryl/α,β-unsaturated/α-hetero) is 1. The van der Waals surface area contributed by atoms with Gasteiger partial charge in [0.05, 0.1) is 0 Å². The van der Waals surface area contributed by atoms with Gasteiger partial charge in [0.2, 0.25) is 0 Å². The second-order valence-corrected chi connectivity index (χ2v) is 2.24. The minimum Gasteiger partial charge on any atom is -0.295 e. The zero-order valence-electron chi connectivity index (χ0n) is 4.37.